The fourth-order valence-corrected chi connectivity index (χ4v) is 2.39. The smallest absolute Gasteiger partial charge is 0.240 e. The van der Waals surface area contributed by atoms with Crippen molar-refractivity contribution in [1.82, 2.24) is 4.72 Å². The fourth-order valence-electron chi connectivity index (χ4n) is 1.33. The zero-order chi connectivity index (χ0) is 14.5. The second kappa shape index (κ2) is 6.80. The Morgan fingerprint density at radius 1 is 1.42 bits per heavy atom. The van der Waals surface area contributed by atoms with E-state index >= 15 is 0 Å². The average molecular weight is 292 g/mol. The molecule has 1 aromatic carbocycles. The van der Waals surface area contributed by atoms with Crippen molar-refractivity contribution in [2.45, 2.75) is 11.8 Å². The molecule has 8 heteroatoms. The predicted molar refractivity (Wildman–Crippen MR) is 68.6 cm³/mol. The van der Waals surface area contributed by atoms with Crippen LogP contribution in [-0.2, 0) is 14.8 Å². The Bertz CT molecular complexity index is 510. The van der Waals surface area contributed by atoms with Gasteiger partial charge in [-0.15, -0.1) is 0 Å². The molecule has 0 aromatic heterocycles. The van der Waals surface area contributed by atoms with Crippen LogP contribution in [0, 0.1) is 12.7 Å². The minimum atomic E-state index is -3.82. The molecule has 0 aliphatic rings. The first-order valence-electron chi connectivity index (χ1n) is 5.62. The van der Waals surface area contributed by atoms with E-state index in [2.05, 4.69) is 4.72 Å². The van der Waals surface area contributed by atoms with Gasteiger partial charge in [0.05, 0.1) is 24.7 Å². The summed E-state index contributed by atoms with van der Waals surface area (Å²) < 4.78 is 44.3. The number of benzene rings is 1. The molecule has 0 spiro atoms. The number of halogens is 1. The Labute approximate surface area is 111 Å². The van der Waals surface area contributed by atoms with Crippen LogP contribution < -0.4 is 10.5 Å². The molecule has 1 rings (SSSR count). The molecule has 19 heavy (non-hydrogen) atoms. The summed E-state index contributed by atoms with van der Waals surface area (Å²) in [4.78, 5) is -0.227. The van der Waals surface area contributed by atoms with Crippen molar-refractivity contribution in [2.24, 2.45) is 0 Å². The van der Waals surface area contributed by atoms with Crippen molar-refractivity contribution in [2.75, 3.05) is 32.1 Å². The van der Waals surface area contributed by atoms with Gasteiger partial charge in [-0.3, -0.25) is 0 Å². The summed E-state index contributed by atoms with van der Waals surface area (Å²) in [6.45, 7) is 1.61. The number of anilines is 1. The number of hydrogen-bond acceptors (Lipinski definition) is 5. The van der Waals surface area contributed by atoms with Gasteiger partial charge in [-0.2, -0.15) is 0 Å². The first-order chi connectivity index (χ1) is 8.88. The summed E-state index contributed by atoms with van der Waals surface area (Å²) >= 11 is 0. The molecule has 0 fully saturated rings. The van der Waals surface area contributed by atoms with Crippen LogP contribution in [0.15, 0.2) is 17.0 Å². The molecule has 0 saturated heterocycles. The molecular formula is C11H17FN2O4S. The monoisotopic (exact) mass is 292 g/mol. The third-order valence-corrected chi connectivity index (χ3v) is 3.88. The summed E-state index contributed by atoms with van der Waals surface area (Å²) in [6, 6.07) is 2.12. The van der Waals surface area contributed by atoms with Crippen molar-refractivity contribution in [3.05, 3.63) is 23.5 Å². The Kier molecular flexibility index (Phi) is 5.67. The molecule has 1 aromatic rings. The topological polar surface area (TPSA) is 102 Å². The number of nitrogens with one attached hydrogen (secondary N) is 1. The van der Waals surface area contributed by atoms with E-state index in [0.717, 1.165) is 6.07 Å². The molecule has 0 amide bonds. The summed E-state index contributed by atoms with van der Waals surface area (Å²) in [6.07, 6.45) is 0. The van der Waals surface area contributed by atoms with Crippen molar-refractivity contribution < 1.29 is 22.7 Å². The minimum Gasteiger partial charge on any atom is -0.398 e. The van der Waals surface area contributed by atoms with Gasteiger partial charge < -0.3 is 15.6 Å². The summed E-state index contributed by atoms with van der Waals surface area (Å²) in [5.74, 6) is -0.670. The number of rotatable bonds is 7. The minimum absolute atomic E-state index is 0.0255. The first-order valence-corrected chi connectivity index (χ1v) is 7.10. The highest BCUT2D eigenvalue weighted by molar-refractivity contribution is 7.89. The number of aliphatic hydroxyl groups excluding tert-OH is 1. The number of aliphatic hydroxyl groups is 1. The highest BCUT2D eigenvalue weighted by atomic mass is 32.2. The third kappa shape index (κ3) is 4.43. The third-order valence-electron chi connectivity index (χ3n) is 2.44. The van der Waals surface area contributed by atoms with Gasteiger partial charge in [0, 0.05) is 17.8 Å². The largest absolute Gasteiger partial charge is 0.398 e. The quantitative estimate of drug-likeness (QED) is 0.485. The number of sulfonamides is 1. The van der Waals surface area contributed by atoms with Crippen LogP contribution >= 0.6 is 0 Å². The number of ether oxygens (including phenoxy) is 1. The molecule has 0 radical (unpaired) electrons. The van der Waals surface area contributed by atoms with Gasteiger partial charge >= 0.3 is 0 Å². The number of nitrogens with two attached hydrogens (primary N) is 1. The van der Waals surface area contributed by atoms with Gasteiger partial charge in [0.2, 0.25) is 10.0 Å². The maximum absolute atomic E-state index is 13.4. The Morgan fingerprint density at radius 2 is 2.11 bits per heavy atom. The summed E-state index contributed by atoms with van der Waals surface area (Å²) in [5.41, 5.74) is 5.82. The molecule has 0 unspecified atom stereocenters. The lowest BCUT2D eigenvalue weighted by atomic mass is 10.2. The lowest BCUT2D eigenvalue weighted by molar-refractivity contribution is 0.0961. The van der Waals surface area contributed by atoms with Crippen LogP contribution in [0.2, 0.25) is 0 Å². The van der Waals surface area contributed by atoms with Crippen LogP contribution in [0.1, 0.15) is 5.56 Å². The van der Waals surface area contributed by atoms with Gasteiger partial charge in [0.1, 0.15) is 5.82 Å². The van der Waals surface area contributed by atoms with Crippen molar-refractivity contribution in [3.63, 3.8) is 0 Å². The predicted octanol–water partition coefficient (Wildman–Crippen LogP) is 0.00352. The van der Waals surface area contributed by atoms with Gasteiger partial charge in [-0.1, -0.05) is 0 Å². The summed E-state index contributed by atoms with van der Waals surface area (Å²) in [5, 5.41) is 8.47. The molecule has 0 atom stereocenters. The summed E-state index contributed by atoms with van der Waals surface area (Å²) in [7, 11) is -3.82. The molecule has 4 N–H and O–H groups in total. The molecule has 0 saturated carbocycles. The van der Waals surface area contributed by atoms with E-state index in [1.165, 1.54) is 13.0 Å². The maximum Gasteiger partial charge on any atom is 0.240 e. The second-order valence-electron chi connectivity index (χ2n) is 3.85. The van der Waals surface area contributed by atoms with E-state index in [9.17, 15) is 12.8 Å². The van der Waals surface area contributed by atoms with Crippen molar-refractivity contribution in [3.8, 4) is 0 Å². The highest BCUT2D eigenvalue weighted by Crippen LogP contribution is 2.20. The SMILES string of the molecule is Cc1c(N)cc(S(=O)(=O)NCCOCCO)cc1F. The zero-order valence-electron chi connectivity index (χ0n) is 10.5. The Morgan fingerprint density at radius 3 is 2.68 bits per heavy atom. The standard InChI is InChI=1S/C11H17FN2O4S/c1-8-10(12)6-9(7-11(8)13)19(16,17)14-2-4-18-5-3-15/h6-7,14-15H,2-5,13H2,1H3. The molecule has 0 aliphatic carbocycles. The van der Waals surface area contributed by atoms with Gasteiger partial charge in [0.25, 0.3) is 0 Å². The fraction of sp³-hybridized carbons (Fsp3) is 0.455. The van der Waals surface area contributed by atoms with E-state index in [1.54, 1.807) is 0 Å². The van der Waals surface area contributed by atoms with E-state index in [1.807, 2.05) is 0 Å². The van der Waals surface area contributed by atoms with E-state index in [4.69, 9.17) is 15.6 Å². The van der Waals surface area contributed by atoms with E-state index in [0.29, 0.717) is 0 Å². The van der Waals surface area contributed by atoms with Crippen LogP contribution in [0.3, 0.4) is 0 Å². The molecule has 6 nitrogen and oxygen atoms in total. The molecule has 0 bridgehead atoms. The van der Waals surface area contributed by atoms with Gasteiger partial charge in [-0.05, 0) is 19.1 Å². The first kappa shape index (κ1) is 15.8. The van der Waals surface area contributed by atoms with Crippen LogP contribution in [-0.4, -0.2) is 39.9 Å². The van der Waals surface area contributed by atoms with Crippen LogP contribution in [0.25, 0.3) is 0 Å². The molecule has 0 heterocycles. The van der Waals surface area contributed by atoms with E-state index in [-0.39, 0.29) is 42.5 Å². The normalized spacial score (nSPS) is 11.7. The average Bonchev–Trinajstić information content (AvgIpc) is 2.35. The molecule has 0 aliphatic heterocycles. The number of nitrogen functional groups attached to an aromatic ring is 1. The number of hydrogen-bond donors (Lipinski definition) is 3. The van der Waals surface area contributed by atoms with Crippen molar-refractivity contribution in [1.29, 1.82) is 0 Å². The molecule has 108 valence electrons. The Balaban J connectivity index is 2.72. The second-order valence-corrected chi connectivity index (χ2v) is 5.62. The lowest BCUT2D eigenvalue weighted by Gasteiger charge is -2.09. The Hall–Kier alpha value is -1.22. The highest BCUT2D eigenvalue weighted by Gasteiger charge is 2.16. The van der Waals surface area contributed by atoms with E-state index < -0.39 is 15.8 Å². The maximum atomic E-state index is 13.4. The van der Waals surface area contributed by atoms with Gasteiger partial charge in [0.15, 0.2) is 0 Å². The van der Waals surface area contributed by atoms with Gasteiger partial charge in [-0.25, -0.2) is 17.5 Å². The molecular weight excluding hydrogens is 275 g/mol. The van der Waals surface area contributed by atoms with Crippen molar-refractivity contribution >= 4 is 15.7 Å². The zero-order valence-corrected chi connectivity index (χ0v) is 11.3. The lowest BCUT2D eigenvalue weighted by Crippen LogP contribution is -2.28. The van der Waals surface area contributed by atoms with Crippen LogP contribution in [0.5, 0.6) is 0 Å². The van der Waals surface area contributed by atoms with Crippen LogP contribution in [0.4, 0.5) is 10.1 Å².